The molecular weight excluding hydrogens is 422 g/mol. The molecule has 172 valence electrons. The van der Waals surface area contributed by atoms with Crippen LogP contribution in [-0.2, 0) is 11.3 Å². The number of carbonyl (C=O) groups is 2. The van der Waals surface area contributed by atoms with Crippen molar-refractivity contribution in [2.24, 2.45) is 5.92 Å². The van der Waals surface area contributed by atoms with Gasteiger partial charge in [0.15, 0.2) is 5.82 Å². The van der Waals surface area contributed by atoms with Gasteiger partial charge in [-0.15, -0.1) is 0 Å². The number of rotatable bonds is 7. The fourth-order valence-corrected chi connectivity index (χ4v) is 3.89. The van der Waals surface area contributed by atoms with Crippen LogP contribution >= 0.6 is 0 Å². The molecule has 0 unspecified atom stereocenters. The normalized spacial score (nSPS) is 14.1. The summed E-state index contributed by atoms with van der Waals surface area (Å²) in [5.74, 6) is 1.63. The Morgan fingerprint density at radius 2 is 1.79 bits per heavy atom. The SMILES string of the molecule is COc1cc(OC)cc(C(=O)N2CCC(C(=O)NCc3ccnc(-n4cccn4)c3)CC2)c1. The molecule has 2 aromatic heterocycles. The molecule has 1 aromatic carbocycles. The number of piperidine rings is 1. The molecule has 4 rings (SSSR count). The second kappa shape index (κ2) is 10.2. The van der Waals surface area contributed by atoms with Crippen LogP contribution in [-0.4, -0.2) is 58.8 Å². The number of benzene rings is 1. The van der Waals surface area contributed by atoms with Gasteiger partial charge in [0.1, 0.15) is 11.5 Å². The van der Waals surface area contributed by atoms with Crippen LogP contribution in [0.25, 0.3) is 5.82 Å². The highest BCUT2D eigenvalue weighted by Crippen LogP contribution is 2.25. The highest BCUT2D eigenvalue weighted by atomic mass is 16.5. The standard InChI is InChI=1S/C24H27N5O4/c1-32-20-13-19(14-21(15-20)33-2)24(31)28-10-5-18(6-11-28)23(30)26-16-17-4-8-25-22(12-17)29-9-3-7-27-29/h3-4,7-9,12-15,18H,5-6,10-11,16H2,1-2H3,(H,26,30). The van der Waals surface area contributed by atoms with E-state index in [4.69, 9.17) is 9.47 Å². The van der Waals surface area contributed by atoms with E-state index in [0.29, 0.717) is 55.4 Å². The van der Waals surface area contributed by atoms with Crippen molar-refractivity contribution >= 4 is 11.8 Å². The molecule has 1 saturated heterocycles. The number of methoxy groups -OCH3 is 2. The highest BCUT2D eigenvalue weighted by molar-refractivity contribution is 5.95. The molecule has 9 nitrogen and oxygen atoms in total. The lowest BCUT2D eigenvalue weighted by molar-refractivity contribution is -0.126. The summed E-state index contributed by atoms with van der Waals surface area (Å²) in [7, 11) is 3.11. The van der Waals surface area contributed by atoms with Crippen LogP contribution in [0.5, 0.6) is 11.5 Å². The van der Waals surface area contributed by atoms with Gasteiger partial charge in [-0.1, -0.05) is 0 Å². The molecule has 3 aromatic rings. The zero-order valence-electron chi connectivity index (χ0n) is 18.7. The Morgan fingerprint density at radius 3 is 2.42 bits per heavy atom. The molecule has 9 heteroatoms. The van der Waals surface area contributed by atoms with E-state index in [1.807, 2.05) is 24.4 Å². The van der Waals surface area contributed by atoms with Gasteiger partial charge in [0.05, 0.1) is 14.2 Å². The number of hydrogen-bond donors (Lipinski definition) is 1. The third-order valence-corrected chi connectivity index (χ3v) is 5.77. The van der Waals surface area contributed by atoms with Crippen LogP contribution in [0.4, 0.5) is 0 Å². The molecule has 33 heavy (non-hydrogen) atoms. The summed E-state index contributed by atoms with van der Waals surface area (Å²) in [4.78, 5) is 31.8. The average molecular weight is 450 g/mol. The Balaban J connectivity index is 1.30. The maximum absolute atomic E-state index is 13.0. The number of nitrogens with one attached hydrogen (secondary N) is 1. The quantitative estimate of drug-likeness (QED) is 0.595. The van der Waals surface area contributed by atoms with Gasteiger partial charge < -0.3 is 19.7 Å². The maximum atomic E-state index is 13.0. The zero-order valence-corrected chi connectivity index (χ0v) is 18.7. The van der Waals surface area contributed by atoms with Gasteiger partial charge in [0.25, 0.3) is 5.91 Å². The maximum Gasteiger partial charge on any atom is 0.254 e. The van der Waals surface area contributed by atoms with Crippen molar-refractivity contribution in [2.75, 3.05) is 27.3 Å². The minimum Gasteiger partial charge on any atom is -0.497 e. The van der Waals surface area contributed by atoms with Crippen molar-refractivity contribution in [3.63, 3.8) is 0 Å². The number of carbonyl (C=O) groups excluding carboxylic acids is 2. The Bertz CT molecular complexity index is 1090. The molecule has 0 atom stereocenters. The molecule has 2 amide bonds. The van der Waals surface area contributed by atoms with Gasteiger partial charge in [-0.05, 0) is 48.7 Å². The molecule has 1 aliphatic rings. The van der Waals surface area contributed by atoms with Gasteiger partial charge in [0.2, 0.25) is 5.91 Å². The predicted molar refractivity (Wildman–Crippen MR) is 121 cm³/mol. The number of aromatic nitrogens is 3. The van der Waals surface area contributed by atoms with E-state index in [-0.39, 0.29) is 17.7 Å². The first-order chi connectivity index (χ1) is 16.1. The van der Waals surface area contributed by atoms with Gasteiger partial charge in [-0.3, -0.25) is 9.59 Å². The number of pyridine rings is 1. The van der Waals surface area contributed by atoms with E-state index in [1.54, 1.807) is 54.4 Å². The fourth-order valence-electron chi connectivity index (χ4n) is 3.89. The van der Waals surface area contributed by atoms with Gasteiger partial charge >= 0.3 is 0 Å². The molecule has 1 N–H and O–H groups in total. The summed E-state index contributed by atoms with van der Waals surface area (Å²) in [6.07, 6.45) is 6.46. The van der Waals surface area contributed by atoms with E-state index in [1.165, 1.54) is 0 Å². The largest absolute Gasteiger partial charge is 0.497 e. The summed E-state index contributed by atoms with van der Waals surface area (Å²) in [5, 5.41) is 7.19. The molecule has 1 fully saturated rings. The molecule has 3 heterocycles. The summed E-state index contributed by atoms with van der Waals surface area (Å²) in [6.45, 7) is 1.46. The first-order valence-corrected chi connectivity index (χ1v) is 10.8. The Morgan fingerprint density at radius 1 is 1.06 bits per heavy atom. The summed E-state index contributed by atoms with van der Waals surface area (Å²) in [5.41, 5.74) is 1.46. The molecular formula is C24H27N5O4. The monoisotopic (exact) mass is 449 g/mol. The summed E-state index contributed by atoms with van der Waals surface area (Å²) >= 11 is 0. The van der Waals surface area contributed by atoms with Gasteiger partial charge in [-0.25, -0.2) is 9.67 Å². The lowest BCUT2D eigenvalue weighted by Gasteiger charge is -2.31. The Kier molecular flexibility index (Phi) is 6.87. The van der Waals surface area contributed by atoms with Crippen LogP contribution in [0, 0.1) is 5.92 Å². The number of amides is 2. The van der Waals surface area contributed by atoms with Crippen LogP contribution in [0.15, 0.2) is 55.0 Å². The van der Waals surface area contributed by atoms with Gasteiger partial charge in [0, 0.05) is 55.8 Å². The molecule has 0 aliphatic carbocycles. The highest BCUT2D eigenvalue weighted by Gasteiger charge is 2.28. The predicted octanol–water partition coefficient (Wildman–Crippen LogP) is 2.45. The molecule has 0 saturated carbocycles. The lowest BCUT2D eigenvalue weighted by Crippen LogP contribution is -2.42. The van der Waals surface area contributed by atoms with E-state index < -0.39 is 0 Å². The van der Waals surface area contributed by atoms with Crippen molar-refractivity contribution in [3.05, 3.63) is 66.1 Å². The summed E-state index contributed by atoms with van der Waals surface area (Å²) < 4.78 is 12.2. The van der Waals surface area contributed by atoms with Crippen molar-refractivity contribution in [1.82, 2.24) is 25.0 Å². The first-order valence-electron chi connectivity index (χ1n) is 10.8. The summed E-state index contributed by atoms with van der Waals surface area (Å²) in [6, 6.07) is 10.7. The third kappa shape index (κ3) is 5.31. The van der Waals surface area contributed by atoms with Crippen LogP contribution in [0.1, 0.15) is 28.8 Å². The van der Waals surface area contributed by atoms with Gasteiger partial charge in [-0.2, -0.15) is 5.10 Å². The fraction of sp³-hybridized carbons (Fsp3) is 0.333. The van der Waals surface area contributed by atoms with E-state index in [2.05, 4.69) is 15.4 Å². The van der Waals surface area contributed by atoms with Crippen LogP contribution < -0.4 is 14.8 Å². The minimum atomic E-state index is -0.124. The number of likely N-dealkylation sites (tertiary alicyclic amines) is 1. The lowest BCUT2D eigenvalue weighted by atomic mass is 9.95. The zero-order chi connectivity index (χ0) is 23.2. The van der Waals surface area contributed by atoms with E-state index in [0.717, 1.165) is 5.56 Å². The van der Waals surface area contributed by atoms with Crippen molar-refractivity contribution in [3.8, 4) is 17.3 Å². The molecule has 0 bridgehead atoms. The second-order valence-electron chi connectivity index (χ2n) is 7.86. The molecule has 1 aliphatic heterocycles. The topological polar surface area (TPSA) is 98.6 Å². The van der Waals surface area contributed by atoms with Crippen molar-refractivity contribution in [2.45, 2.75) is 19.4 Å². The number of nitrogens with zero attached hydrogens (tertiary/aromatic N) is 4. The Labute approximate surface area is 192 Å². The van der Waals surface area contributed by atoms with Crippen LogP contribution in [0.2, 0.25) is 0 Å². The Hall–Kier alpha value is -3.88. The minimum absolute atomic E-state index is 0.00241. The van der Waals surface area contributed by atoms with E-state index in [9.17, 15) is 9.59 Å². The van der Waals surface area contributed by atoms with Crippen LogP contribution in [0.3, 0.4) is 0 Å². The molecule has 0 radical (unpaired) electrons. The average Bonchev–Trinajstić information content (AvgIpc) is 3.42. The smallest absolute Gasteiger partial charge is 0.254 e. The number of ether oxygens (including phenoxy) is 2. The van der Waals surface area contributed by atoms with E-state index >= 15 is 0 Å². The van der Waals surface area contributed by atoms with Crippen molar-refractivity contribution in [1.29, 1.82) is 0 Å². The second-order valence-corrected chi connectivity index (χ2v) is 7.86. The molecule has 0 spiro atoms. The number of hydrogen-bond acceptors (Lipinski definition) is 6. The first kappa shape index (κ1) is 22.3. The third-order valence-electron chi connectivity index (χ3n) is 5.77. The van der Waals surface area contributed by atoms with Crippen molar-refractivity contribution < 1.29 is 19.1 Å².